The van der Waals surface area contributed by atoms with E-state index in [9.17, 15) is 0 Å². The average Bonchev–Trinajstić information content (AvgIpc) is 2.70. The van der Waals surface area contributed by atoms with Crippen molar-refractivity contribution in [2.75, 3.05) is 0 Å². The summed E-state index contributed by atoms with van der Waals surface area (Å²) in [4.78, 5) is 3.30. The molecule has 1 aromatic heterocycles. The summed E-state index contributed by atoms with van der Waals surface area (Å²) in [6.45, 7) is 4.26. The third-order valence-corrected chi connectivity index (χ3v) is 3.49. The topological polar surface area (TPSA) is 15.8 Å². The second kappa shape index (κ2) is 4.23. The van der Waals surface area contributed by atoms with Gasteiger partial charge in [-0.05, 0) is 42.2 Å². The van der Waals surface area contributed by atoms with Crippen LogP contribution < -0.4 is 0 Å². The molecule has 0 bridgehead atoms. The van der Waals surface area contributed by atoms with Crippen LogP contribution in [-0.2, 0) is 6.42 Å². The molecular weight excluding hydrogens is 250 g/mol. The van der Waals surface area contributed by atoms with E-state index in [1.165, 1.54) is 22.4 Å². The zero-order valence-corrected chi connectivity index (χ0v) is 10.6. The molecule has 0 unspecified atom stereocenters. The van der Waals surface area contributed by atoms with Crippen LogP contribution in [0.2, 0.25) is 0 Å². The van der Waals surface area contributed by atoms with E-state index in [2.05, 4.69) is 65.2 Å². The molecule has 0 atom stereocenters. The molecule has 15 heavy (non-hydrogen) atoms. The third kappa shape index (κ3) is 2.15. The maximum atomic E-state index is 3.55. The summed E-state index contributed by atoms with van der Waals surface area (Å²) in [5, 5.41) is 0. The summed E-state index contributed by atoms with van der Waals surface area (Å²) in [5.41, 5.74) is 5.03. The number of benzene rings is 1. The van der Waals surface area contributed by atoms with Crippen LogP contribution in [0.1, 0.15) is 18.1 Å². The number of hydrogen-bond donors (Lipinski definition) is 1. The molecule has 0 fully saturated rings. The summed E-state index contributed by atoms with van der Waals surface area (Å²) in [7, 11) is 0. The van der Waals surface area contributed by atoms with E-state index in [4.69, 9.17) is 0 Å². The Kier molecular flexibility index (Phi) is 2.96. The van der Waals surface area contributed by atoms with Crippen molar-refractivity contribution >= 4 is 15.9 Å². The molecule has 0 aliphatic heterocycles. The number of H-pyrrole nitrogens is 1. The Labute approximate surface area is 98.7 Å². The van der Waals surface area contributed by atoms with Gasteiger partial charge in [0.2, 0.25) is 0 Å². The number of hydrogen-bond acceptors (Lipinski definition) is 0. The summed E-state index contributed by atoms with van der Waals surface area (Å²) in [6.07, 6.45) is 3.15. The van der Waals surface area contributed by atoms with Crippen LogP contribution >= 0.6 is 15.9 Å². The number of aromatic nitrogens is 1. The minimum absolute atomic E-state index is 1.07. The van der Waals surface area contributed by atoms with Gasteiger partial charge in [0.05, 0.1) is 0 Å². The van der Waals surface area contributed by atoms with Gasteiger partial charge in [-0.15, -0.1) is 0 Å². The lowest BCUT2D eigenvalue weighted by Crippen LogP contribution is -1.80. The molecular formula is C13H14BrN. The Morgan fingerprint density at radius 3 is 2.67 bits per heavy atom. The predicted octanol–water partition coefficient (Wildman–Crippen LogP) is 4.32. The van der Waals surface area contributed by atoms with Gasteiger partial charge in [0.1, 0.15) is 0 Å². The van der Waals surface area contributed by atoms with Gasteiger partial charge in [0, 0.05) is 16.4 Å². The van der Waals surface area contributed by atoms with Gasteiger partial charge in [-0.2, -0.15) is 0 Å². The zero-order valence-electron chi connectivity index (χ0n) is 8.97. The van der Waals surface area contributed by atoms with Gasteiger partial charge in [0.15, 0.2) is 0 Å². The number of nitrogens with one attached hydrogen (secondary N) is 1. The lowest BCUT2D eigenvalue weighted by Gasteiger charge is -2.01. The van der Waals surface area contributed by atoms with Crippen molar-refractivity contribution in [3.8, 4) is 11.3 Å². The highest BCUT2D eigenvalue weighted by Crippen LogP contribution is 2.25. The van der Waals surface area contributed by atoms with Crippen LogP contribution in [-0.4, -0.2) is 4.98 Å². The van der Waals surface area contributed by atoms with Crippen LogP contribution in [0.3, 0.4) is 0 Å². The van der Waals surface area contributed by atoms with Crippen LogP contribution in [0, 0.1) is 6.92 Å². The van der Waals surface area contributed by atoms with Gasteiger partial charge in [0.25, 0.3) is 0 Å². The Hall–Kier alpha value is -1.02. The highest BCUT2D eigenvalue weighted by molar-refractivity contribution is 9.10. The normalized spacial score (nSPS) is 10.6. The fourth-order valence-electron chi connectivity index (χ4n) is 1.57. The number of rotatable bonds is 2. The first-order chi connectivity index (χ1) is 7.20. The van der Waals surface area contributed by atoms with E-state index >= 15 is 0 Å². The van der Waals surface area contributed by atoms with Crippen LogP contribution in [0.5, 0.6) is 0 Å². The fourth-order valence-corrected chi connectivity index (χ4v) is 1.95. The molecule has 2 heteroatoms. The van der Waals surface area contributed by atoms with Gasteiger partial charge < -0.3 is 4.98 Å². The standard InChI is InChI=1S/C13H14BrN/c1-3-10-6-13(15-8-10)11-5-4-9(2)12(14)7-11/h4-8,15H,3H2,1-2H3. The number of halogens is 1. The minimum Gasteiger partial charge on any atom is -0.361 e. The number of aromatic amines is 1. The molecule has 0 aliphatic rings. The lowest BCUT2D eigenvalue weighted by molar-refractivity contribution is 1.14. The lowest BCUT2D eigenvalue weighted by atomic mass is 10.1. The van der Waals surface area contributed by atoms with E-state index in [1.807, 2.05) is 0 Å². The Morgan fingerprint density at radius 1 is 1.27 bits per heavy atom. The van der Waals surface area contributed by atoms with E-state index in [-0.39, 0.29) is 0 Å². The quantitative estimate of drug-likeness (QED) is 0.831. The van der Waals surface area contributed by atoms with Crippen LogP contribution in [0.4, 0.5) is 0 Å². The van der Waals surface area contributed by atoms with Crippen LogP contribution in [0.15, 0.2) is 34.9 Å². The highest BCUT2D eigenvalue weighted by atomic mass is 79.9. The van der Waals surface area contributed by atoms with Crippen molar-refractivity contribution in [2.45, 2.75) is 20.3 Å². The molecule has 0 radical (unpaired) electrons. The van der Waals surface area contributed by atoms with E-state index in [0.29, 0.717) is 0 Å². The molecule has 0 aliphatic carbocycles. The fraction of sp³-hybridized carbons (Fsp3) is 0.231. The first-order valence-electron chi connectivity index (χ1n) is 5.14. The average molecular weight is 264 g/mol. The molecule has 78 valence electrons. The molecule has 2 rings (SSSR count). The molecule has 0 saturated carbocycles. The summed E-state index contributed by atoms with van der Waals surface area (Å²) in [6, 6.07) is 8.63. The minimum atomic E-state index is 1.07. The maximum absolute atomic E-state index is 3.55. The molecule has 1 aromatic carbocycles. The van der Waals surface area contributed by atoms with E-state index in [1.54, 1.807) is 0 Å². The molecule has 2 aromatic rings. The molecule has 0 amide bonds. The molecule has 1 nitrogen and oxygen atoms in total. The largest absolute Gasteiger partial charge is 0.361 e. The molecule has 0 saturated heterocycles. The van der Waals surface area contributed by atoms with Crippen molar-refractivity contribution in [1.82, 2.24) is 4.98 Å². The first kappa shape index (κ1) is 10.5. The van der Waals surface area contributed by atoms with Crippen molar-refractivity contribution in [3.05, 3.63) is 46.1 Å². The second-order valence-electron chi connectivity index (χ2n) is 3.74. The number of aryl methyl sites for hydroxylation is 2. The van der Waals surface area contributed by atoms with Gasteiger partial charge in [-0.1, -0.05) is 35.0 Å². The monoisotopic (exact) mass is 263 g/mol. The second-order valence-corrected chi connectivity index (χ2v) is 4.59. The summed E-state index contributed by atoms with van der Waals surface area (Å²) < 4.78 is 1.16. The van der Waals surface area contributed by atoms with Crippen molar-refractivity contribution < 1.29 is 0 Å². The smallest absolute Gasteiger partial charge is 0.0457 e. The maximum Gasteiger partial charge on any atom is 0.0457 e. The van der Waals surface area contributed by atoms with Crippen molar-refractivity contribution in [3.63, 3.8) is 0 Å². The molecule has 1 heterocycles. The predicted molar refractivity (Wildman–Crippen MR) is 68.0 cm³/mol. The first-order valence-corrected chi connectivity index (χ1v) is 5.94. The van der Waals surface area contributed by atoms with Gasteiger partial charge >= 0.3 is 0 Å². The SMILES string of the molecule is CCc1c[nH]c(-c2ccc(C)c(Br)c2)c1. The van der Waals surface area contributed by atoms with Gasteiger partial charge in [-0.3, -0.25) is 0 Å². The Bertz CT molecular complexity index is 471. The highest BCUT2D eigenvalue weighted by Gasteiger charge is 2.02. The Morgan fingerprint density at radius 2 is 2.07 bits per heavy atom. The summed E-state index contributed by atoms with van der Waals surface area (Å²) >= 11 is 3.55. The van der Waals surface area contributed by atoms with E-state index < -0.39 is 0 Å². The Balaban J connectivity index is 2.40. The van der Waals surface area contributed by atoms with Crippen molar-refractivity contribution in [2.24, 2.45) is 0 Å². The van der Waals surface area contributed by atoms with Gasteiger partial charge in [-0.25, -0.2) is 0 Å². The van der Waals surface area contributed by atoms with Crippen molar-refractivity contribution in [1.29, 1.82) is 0 Å². The zero-order chi connectivity index (χ0) is 10.8. The summed E-state index contributed by atoms with van der Waals surface area (Å²) in [5.74, 6) is 0. The molecule has 0 spiro atoms. The third-order valence-electron chi connectivity index (χ3n) is 2.63. The van der Waals surface area contributed by atoms with Crippen LogP contribution in [0.25, 0.3) is 11.3 Å². The van der Waals surface area contributed by atoms with E-state index in [0.717, 1.165) is 10.9 Å². The molecule has 1 N–H and O–H groups in total.